The van der Waals surface area contributed by atoms with Gasteiger partial charge in [-0.25, -0.2) is 4.98 Å². The van der Waals surface area contributed by atoms with Gasteiger partial charge in [-0.05, 0) is 18.6 Å². The normalized spacial score (nSPS) is 10.8. The molecule has 1 aromatic heterocycles. The van der Waals surface area contributed by atoms with Gasteiger partial charge in [-0.1, -0.05) is 34.8 Å². The van der Waals surface area contributed by atoms with Crippen molar-refractivity contribution in [2.24, 2.45) is 0 Å². The van der Waals surface area contributed by atoms with Crippen LogP contribution >= 0.6 is 34.8 Å². The Bertz CT molecular complexity index is 909. The highest BCUT2D eigenvalue weighted by atomic mass is 35.5. The van der Waals surface area contributed by atoms with E-state index in [1.807, 2.05) is 6.92 Å². The zero-order valence-electron chi connectivity index (χ0n) is 13.1. The zero-order chi connectivity index (χ0) is 21.1. The molecule has 27 heavy (non-hydrogen) atoms. The fourth-order valence-electron chi connectivity index (χ4n) is 1.65. The van der Waals surface area contributed by atoms with Crippen LogP contribution in [0, 0.1) is 27.2 Å². The van der Waals surface area contributed by atoms with E-state index in [1.54, 1.807) is 12.3 Å². The molecule has 0 saturated heterocycles. The van der Waals surface area contributed by atoms with Crippen LogP contribution in [0.5, 0.6) is 0 Å². The van der Waals surface area contributed by atoms with Crippen LogP contribution in [0.15, 0.2) is 18.3 Å². The summed E-state index contributed by atoms with van der Waals surface area (Å²) in [5, 5.41) is 19.2. The maximum Gasteiger partial charge on any atom is 0.418 e. The molecule has 8 nitrogen and oxygen atoms in total. The van der Waals surface area contributed by atoms with Crippen molar-refractivity contribution in [1.29, 1.82) is 0 Å². The average Bonchev–Trinajstić information content (AvgIpc) is 2.50. The molecule has 0 unspecified atom stereocenters. The first kappa shape index (κ1) is 22.7. The quantitative estimate of drug-likeness (QED) is 0.481. The van der Waals surface area contributed by atoms with Crippen molar-refractivity contribution in [1.82, 2.24) is 4.98 Å². The Morgan fingerprint density at radius 3 is 2.00 bits per heavy atom. The van der Waals surface area contributed by atoms with Crippen molar-refractivity contribution >= 4 is 52.0 Å². The van der Waals surface area contributed by atoms with Crippen LogP contribution in [0.3, 0.4) is 0 Å². The Kier molecular flexibility index (Phi) is 7.18. The Morgan fingerprint density at radius 2 is 1.63 bits per heavy atom. The molecule has 0 aliphatic heterocycles. The van der Waals surface area contributed by atoms with Crippen molar-refractivity contribution in [3.63, 3.8) is 0 Å². The van der Waals surface area contributed by atoms with Crippen molar-refractivity contribution in [2.45, 2.75) is 13.1 Å². The number of hydrogen-bond acceptors (Lipinski definition) is 6. The standard InChI is InChI=1S/C7HCl2F3N2O4.C6H7ClN2/c8-4-2(7(10,11)12)1-3(13(15)16)5(9)6(4)14(17)18;1-4-2-5(7)6(8)9-3-4/h1H;2-3H,1H3,(H2,8,9). The van der Waals surface area contributed by atoms with Crippen molar-refractivity contribution in [3.8, 4) is 0 Å². The molecule has 0 fully saturated rings. The molecule has 0 atom stereocenters. The SMILES string of the molecule is Cc1cnc(N)c(Cl)c1.O=[N+]([O-])c1cc(C(F)(F)F)c(Cl)c([N+](=O)[O-])c1Cl. The fraction of sp³-hybridized carbons (Fsp3) is 0.154. The summed E-state index contributed by atoms with van der Waals surface area (Å²) in [4.78, 5) is 22.3. The van der Waals surface area contributed by atoms with E-state index < -0.39 is 43.0 Å². The summed E-state index contributed by atoms with van der Waals surface area (Å²) in [6, 6.07) is 1.83. The van der Waals surface area contributed by atoms with Gasteiger partial charge < -0.3 is 5.73 Å². The van der Waals surface area contributed by atoms with Crippen LogP contribution in [0.4, 0.5) is 30.4 Å². The number of nitrogens with two attached hydrogens (primary N) is 1. The minimum absolute atomic E-state index is 0.0532. The van der Waals surface area contributed by atoms with Gasteiger partial charge in [0, 0.05) is 12.3 Å². The second-order valence-corrected chi connectivity index (χ2v) is 5.97. The monoisotopic (exact) mass is 446 g/mol. The minimum atomic E-state index is -5.07. The number of anilines is 1. The highest BCUT2D eigenvalue weighted by Crippen LogP contribution is 2.46. The third-order valence-corrected chi connectivity index (χ3v) is 3.91. The predicted molar refractivity (Wildman–Crippen MR) is 93.2 cm³/mol. The lowest BCUT2D eigenvalue weighted by atomic mass is 10.1. The summed E-state index contributed by atoms with van der Waals surface area (Å²) in [5.74, 6) is 0.391. The summed E-state index contributed by atoms with van der Waals surface area (Å²) in [5.41, 5.74) is 2.10. The van der Waals surface area contributed by atoms with Crippen LogP contribution in [0.2, 0.25) is 15.1 Å². The molecular weight excluding hydrogens is 440 g/mol. The van der Waals surface area contributed by atoms with E-state index in [0.717, 1.165) is 5.56 Å². The van der Waals surface area contributed by atoms with Gasteiger partial charge in [0.05, 0.1) is 20.4 Å². The van der Waals surface area contributed by atoms with Crippen LogP contribution in [0.1, 0.15) is 11.1 Å². The number of nitro benzene ring substituents is 2. The van der Waals surface area contributed by atoms with Crippen molar-refractivity contribution in [2.75, 3.05) is 5.73 Å². The van der Waals surface area contributed by atoms with E-state index in [1.165, 1.54) is 0 Å². The van der Waals surface area contributed by atoms with Crippen molar-refractivity contribution in [3.05, 3.63) is 64.8 Å². The smallest absolute Gasteiger partial charge is 0.382 e. The number of nitrogens with zero attached hydrogens (tertiary/aromatic N) is 3. The highest BCUT2D eigenvalue weighted by Gasteiger charge is 2.41. The number of nitrogen functional groups attached to an aromatic ring is 1. The molecule has 0 bridgehead atoms. The van der Waals surface area contributed by atoms with Gasteiger partial charge in [-0.3, -0.25) is 20.2 Å². The topological polar surface area (TPSA) is 125 Å². The Balaban J connectivity index is 0.000000337. The number of benzene rings is 1. The molecule has 1 heterocycles. The van der Waals surface area contributed by atoms with Crippen LogP contribution < -0.4 is 5.73 Å². The second-order valence-electron chi connectivity index (χ2n) is 4.81. The second kappa shape index (κ2) is 8.55. The molecule has 0 aliphatic carbocycles. The van der Waals surface area contributed by atoms with E-state index in [4.69, 9.17) is 40.5 Å². The van der Waals surface area contributed by atoms with Gasteiger partial charge in [-0.2, -0.15) is 13.2 Å². The number of rotatable bonds is 2. The third-order valence-electron chi connectivity index (χ3n) is 2.85. The molecule has 146 valence electrons. The predicted octanol–water partition coefficient (Wildman–Crippen LogP) is 5.45. The number of nitro groups is 2. The van der Waals surface area contributed by atoms with Gasteiger partial charge in [0.25, 0.3) is 5.69 Å². The number of alkyl halides is 3. The summed E-state index contributed by atoms with van der Waals surface area (Å²) in [6.07, 6.45) is -3.39. The summed E-state index contributed by atoms with van der Waals surface area (Å²) >= 11 is 16.1. The molecule has 1 aromatic carbocycles. The highest BCUT2D eigenvalue weighted by molar-refractivity contribution is 6.40. The Labute approximate surface area is 163 Å². The first-order valence-electron chi connectivity index (χ1n) is 6.53. The fourth-order valence-corrected chi connectivity index (χ4v) is 2.53. The first-order valence-corrected chi connectivity index (χ1v) is 7.66. The third kappa shape index (κ3) is 5.55. The van der Waals surface area contributed by atoms with E-state index in [-0.39, 0.29) is 6.07 Å². The number of hydrogen-bond donors (Lipinski definition) is 1. The van der Waals surface area contributed by atoms with E-state index in [9.17, 15) is 33.4 Å². The first-order chi connectivity index (χ1) is 12.3. The van der Waals surface area contributed by atoms with Gasteiger partial charge in [0.15, 0.2) is 5.02 Å². The molecule has 2 N–H and O–H groups in total. The molecule has 0 saturated carbocycles. The molecule has 0 spiro atoms. The van der Waals surface area contributed by atoms with Crippen LogP contribution in [-0.2, 0) is 6.18 Å². The number of pyridine rings is 1. The lowest BCUT2D eigenvalue weighted by molar-refractivity contribution is -0.394. The lowest BCUT2D eigenvalue weighted by Crippen LogP contribution is -2.09. The molecule has 2 rings (SSSR count). The van der Waals surface area contributed by atoms with Gasteiger partial charge in [-0.15, -0.1) is 0 Å². The van der Waals surface area contributed by atoms with Crippen LogP contribution in [-0.4, -0.2) is 14.8 Å². The van der Waals surface area contributed by atoms with Gasteiger partial charge in [0.1, 0.15) is 10.8 Å². The maximum atomic E-state index is 12.5. The molecule has 0 amide bonds. The summed E-state index contributed by atoms with van der Waals surface area (Å²) < 4.78 is 37.5. The van der Waals surface area contributed by atoms with E-state index in [0.29, 0.717) is 10.8 Å². The van der Waals surface area contributed by atoms with Crippen LogP contribution in [0.25, 0.3) is 0 Å². The van der Waals surface area contributed by atoms with Gasteiger partial charge in [0.2, 0.25) is 0 Å². The Morgan fingerprint density at radius 1 is 1.07 bits per heavy atom. The number of halogens is 6. The van der Waals surface area contributed by atoms with E-state index >= 15 is 0 Å². The lowest BCUT2D eigenvalue weighted by Gasteiger charge is -2.09. The van der Waals surface area contributed by atoms with Gasteiger partial charge >= 0.3 is 11.9 Å². The summed E-state index contributed by atoms with van der Waals surface area (Å²) in [6.45, 7) is 1.92. The largest absolute Gasteiger partial charge is 0.418 e. The molecular formula is C13H8Cl3F3N4O4. The maximum absolute atomic E-state index is 12.5. The molecule has 2 aromatic rings. The minimum Gasteiger partial charge on any atom is -0.382 e. The molecule has 0 aliphatic rings. The molecule has 14 heteroatoms. The van der Waals surface area contributed by atoms with E-state index in [2.05, 4.69) is 4.98 Å². The van der Waals surface area contributed by atoms with Crippen molar-refractivity contribution < 1.29 is 23.0 Å². The Hall–Kier alpha value is -2.37. The summed E-state index contributed by atoms with van der Waals surface area (Å²) in [7, 11) is 0. The molecule has 0 radical (unpaired) electrons. The average molecular weight is 448 g/mol. The number of aryl methyl sites for hydroxylation is 1. The zero-order valence-corrected chi connectivity index (χ0v) is 15.3. The number of aromatic nitrogens is 1.